The van der Waals surface area contributed by atoms with E-state index in [0.717, 1.165) is 12.1 Å². The average Bonchev–Trinajstić information content (AvgIpc) is 2.72. The molecule has 0 radical (unpaired) electrons. The van der Waals surface area contributed by atoms with E-state index in [1.165, 1.54) is 17.6 Å². The van der Waals surface area contributed by atoms with Crippen LogP contribution < -0.4 is 16.6 Å². The van der Waals surface area contributed by atoms with Crippen molar-refractivity contribution in [1.29, 1.82) is 0 Å². The van der Waals surface area contributed by atoms with Crippen LogP contribution in [0.15, 0.2) is 64.2 Å². The van der Waals surface area contributed by atoms with Gasteiger partial charge in [-0.05, 0) is 24.1 Å². The maximum absolute atomic E-state index is 14.2. The molecule has 0 bridgehead atoms. The molecule has 9 heteroatoms. The van der Waals surface area contributed by atoms with Gasteiger partial charge in [-0.3, -0.25) is 14.2 Å². The summed E-state index contributed by atoms with van der Waals surface area (Å²) in [7, 11) is 0. The number of rotatable bonds is 6. The van der Waals surface area contributed by atoms with Crippen molar-refractivity contribution in [3.63, 3.8) is 0 Å². The van der Waals surface area contributed by atoms with Crippen LogP contribution in [0.25, 0.3) is 0 Å². The third kappa shape index (κ3) is 5.19. The fraction of sp³-hybridized carbons (Fsp3) is 0.182. The van der Waals surface area contributed by atoms with Crippen LogP contribution in [0, 0.1) is 11.6 Å². The van der Waals surface area contributed by atoms with E-state index in [1.807, 2.05) is 0 Å². The first kappa shape index (κ1) is 21.8. The van der Waals surface area contributed by atoms with E-state index in [2.05, 4.69) is 5.32 Å². The normalized spacial score (nSPS) is 10.7. The molecule has 0 atom stereocenters. The summed E-state index contributed by atoms with van der Waals surface area (Å²) < 4.78 is 29.0. The fourth-order valence-corrected chi connectivity index (χ4v) is 3.03. The van der Waals surface area contributed by atoms with Crippen LogP contribution in [0.5, 0.6) is 0 Å². The van der Waals surface area contributed by atoms with Gasteiger partial charge in [0.25, 0.3) is 5.56 Å². The van der Waals surface area contributed by atoms with Crippen molar-refractivity contribution in [2.45, 2.75) is 19.9 Å². The number of hydrogen-bond donors (Lipinski definition) is 1. The van der Waals surface area contributed by atoms with Crippen LogP contribution in [0.4, 0.5) is 13.6 Å². The number of carbonyl (C=O) groups is 2. The highest BCUT2D eigenvalue weighted by Crippen LogP contribution is 2.14. The molecule has 0 unspecified atom stereocenters. The van der Waals surface area contributed by atoms with Crippen LogP contribution in [0.2, 0.25) is 0 Å². The van der Waals surface area contributed by atoms with E-state index in [9.17, 15) is 28.0 Å². The highest BCUT2D eigenvalue weighted by atomic mass is 19.1. The highest BCUT2D eigenvalue weighted by molar-refractivity contribution is 5.84. The number of amides is 1. The average molecular weight is 427 g/mol. The minimum Gasteiger partial charge on any atom is -0.330 e. The number of halogens is 2. The molecule has 1 N–H and O–H groups in total. The molecule has 0 saturated heterocycles. The van der Waals surface area contributed by atoms with E-state index in [-0.39, 0.29) is 36.6 Å². The van der Waals surface area contributed by atoms with Crippen molar-refractivity contribution in [3.05, 3.63) is 104 Å². The van der Waals surface area contributed by atoms with Crippen molar-refractivity contribution in [3.8, 4) is 0 Å². The SMILES string of the molecule is CC(=O)CNC(=O)n1c(=O)cc(Cc2ccc(F)cc2F)n(Cc2ccccc2)c1=O. The lowest BCUT2D eigenvalue weighted by molar-refractivity contribution is -0.116. The predicted octanol–water partition coefficient (Wildman–Crippen LogP) is 2.07. The first-order valence-corrected chi connectivity index (χ1v) is 9.37. The molecule has 7 nitrogen and oxygen atoms in total. The van der Waals surface area contributed by atoms with E-state index < -0.39 is 28.9 Å². The monoisotopic (exact) mass is 427 g/mol. The molecule has 0 spiro atoms. The van der Waals surface area contributed by atoms with Crippen LogP contribution in [-0.4, -0.2) is 27.5 Å². The van der Waals surface area contributed by atoms with Crippen molar-refractivity contribution in [2.75, 3.05) is 6.54 Å². The van der Waals surface area contributed by atoms with Crippen LogP contribution in [0.3, 0.4) is 0 Å². The lowest BCUT2D eigenvalue weighted by atomic mass is 10.1. The molecule has 1 heterocycles. The molecular formula is C22H19F2N3O4. The molecule has 1 aromatic heterocycles. The Balaban J connectivity index is 2.10. The second-order valence-corrected chi connectivity index (χ2v) is 6.94. The first-order valence-electron chi connectivity index (χ1n) is 9.37. The molecule has 31 heavy (non-hydrogen) atoms. The lowest BCUT2D eigenvalue weighted by Crippen LogP contribution is -2.49. The van der Waals surface area contributed by atoms with Crippen LogP contribution in [0.1, 0.15) is 23.7 Å². The minimum absolute atomic E-state index is 0.0120. The van der Waals surface area contributed by atoms with E-state index in [4.69, 9.17) is 0 Å². The van der Waals surface area contributed by atoms with Gasteiger partial charge in [-0.1, -0.05) is 36.4 Å². The topological polar surface area (TPSA) is 90.2 Å². The van der Waals surface area contributed by atoms with Gasteiger partial charge in [0.2, 0.25) is 0 Å². The van der Waals surface area contributed by atoms with E-state index in [1.54, 1.807) is 30.3 Å². The molecule has 0 aliphatic carbocycles. The van der Waals surface area contributed by atoms with Gasteiger partial charge in [0.05, 0.1) is 13.1 Å². The smallest absolute Gasteiger partial charge is 0.330 e. The summed E-state index contributed by atoms with van der Waals surface area (Å²) in [6, 6.07) is 11.8. The Kier molecular flexibility index (Phi) is 6.54. The molecular weight excluding hydrogens is 408 g/mol. The Hall–Kier alpha value is -3.88. The standard InChI is InChI=1S/C22H19F2N3O4/c1-14(28)12-25-21(30)27-20(29)11-18(9-16-7-8-17(23)10-19(16)24)26(22(27)31)13-15-5-3-2-4-6-15/h2-8,10-11H,9,12-13H2,1H3,(H,25,30). The molecule has 3 rings (SSSR count). The molecule has 0 aliphatic heterocycles. The van der Waals surface area contributed by atoms with E-state index in [0.29, 0.717) is 16.2 Å². The zero-order valence-corrected chi connectivity index (χ0v) is 16.6. The third-order valence-corrected chi connectivity index (χ3v) is 4.54. The Morgan fingerprint density at radius 1 is 1.00 bits per heavy atom. The number of nitrogens with one attached hydrogen (secondary N) is 1. The summed E-state index contributed by atoms with van der Waals surface area (Å²) in [5.74, 6) is -1.92. The zero-order valence-electron chi connectivity index (χ0n) is 16.6. The Morgan fingerprint density at radius 2 is 1.71 bits per heavy atom. The van der Waals surface area contributed by atoms with Gasteiger partial charge >= 0.3 is 11.7 Å². The first-order chi connectivity index (χ1) is 14.8. The summed E-state index contributed by atoms with van der Waals surface area (Å²) in [4.78, 5) is 49.1. The molecule has 0 aliphatic rings. The Morgan fingerprint density at radius 3 is 2.35 bits per heavy atom. The zero-order chi connectivity index (χ0) is 22.5. The van der Waals surface area contributed by atoms with Gasteiger partial charge in [0.1, 0.15) is 17.4 Å². The molecule has 1 amide bonds. The molecule has 2 aromatic carbocycles. The number of hydrogen-bond acceptors (Lipinski definition) is 4. The van der Waals surface area contributed by atoms with Crippen LogP contribution in [-0.2, 0) is 17.8 Å². The Bertz CT molecular complexity index is 1250. The largest absolute Gasteiger partial charge is 0.339 e. The van der Waals surface area contributed by atoms with Gasteiger partial charge in [0.15, 0.2) is 0 Å². The number of aromatic nitrogens is 2. The van der Waals surface area contributed by atoms with Crippen molar-refractivity contribution >= 4 is 11.8 Å². The van der Waals surface area contributed by atoms with Gasteiger partial charge < -0.3 is 5.32 Å². The fourth-order valence-electron chi connectivity index (χ4n) is 3.03. The maximum atomic E-state index is 14.2. The third-order valence-electron chi connectivity index (χ3n) is 4.54. The predicted molar refractivity (Wildman–Crippen MR) is 109 cm³/mol. The molecule has 3 aromatic rings. The van der Waals surface area contributed by atoms with Gasteiger partial charge in [-0.2, -0.15) is 4.57 Å². The highest BCUT2D eigenvalue weighted by Gasteiger charge is 2.18. The lowest BCUT2D eigenvalue weighted by Gasteiger charge is -2.16. The van der Waals surface area contributed by atoms with Crippen molar-refractivity contribution < 1.29 is 18.4 Å². The number of benzene rings is 2. The van der Waals surface area contributed by atoms with E-state index >= 15 is 0 Å². The quantitative estimate of drug-likeness (QED) is 0.652. The molecule has 0 saturated carbocycles. The molecule has 0 fully saturated rings. The Labute approximate surface area is 175 Å². The summed E-state index contributed by atoms with van der Waals surface area (Å²) in [6.07, 6.45) is -0.167. The van der Waals surface area contributed by atoms with Crippen molar-refractivity contribution in [2.24, 2.45) is 0 Å². The summed E-state index contributed by atoms with van der Waals surface area (Å²) in [6.45, 7) is 0.918. The number of Topliss-reactive ketones (excluding diaryl/α,β-unsaturated/α-hetero) is 1. The minimum atomic E-state index is -1.04. The number of carbonyl (C=O) groups excluding carboxylic acids is 2. The number of ketones is 1. The number of nitrogens with zero attached hydrogens (tertiary/aromatic N) is 2. The second kappa shape index (κ2) is 9.29. The van der Waals surface area contributed by atoms with Gasteiger partial charge in [-0.25, -0.2) is 18.4 Å². The van der Waals surface area contributed by atoms with Gasteiger partial charge in [-0.15, -0.1) is 0 Å². The maximum Gasteiger partial charge on any atom is 0.339 e. The summed E-state index contributed by atoms with van der Waals surface area (Å²) in [5, 5.41) is 2.22. The summed E-state index contributed by atoms with van der Waals surface area (Å²) >= 11 is 0. The van der Waals surface area contributed by atoms with Crippen LogP contribution >= 0.6 is 0 Å². The second-order valence-electron chi connectivity index (χ2n) is 6.94. The van der Waals surface area contributed by atoms with Crippen molar-refractivity contribution in [1.82, 2.24) is 14.5 Å². The summed E-state index contributed by atoms with van der Waals surface area (Å²) in [5.41, 5.74) is -0.914. The molecule has 160 valence electrons. The van der Waals surface area contributed by atoms with Gasteiger partial charge in [0, 0.05) is 24.2 Å².